The summed E-state index contributed by atoms with van der Waals surface area (Å²) in [5, 5.41) is 8.89. The van der Waals surface area contributed by atoms with Gasteiger partial charge >= 0.3 is 18.3 Å². The highest BCUT2D eigenvalue weighted by atomic mass is 19.4. The second-order valence-corrected chi connectivity index (χ2v) is 5.59. The molecule has 0 aliphatic carbocycles. The van der Waals surface area contributed by atoms with Crippen LogP contribution in [0.25, 0.3) is 11.1 Å². The lowest BCUT2D eigenvalue weighted by atomic mass is 9.95. The maximum atomic E-state index is 14.3. The highest BCUT2D eigenvalue weighted by Gasteiger charge is 2.37. The van der Waals surface area contributed by atoms with Gasteiger partial charge in [0.1, 0.15) is 5.82 Å². The molecule has 2 rings (SSSR count). The number of carboxylic acid groups (broad SMARTS) is 1. The van der Waals surface area contributed by atoms with Crippen molar-refractivity contribution >= 4 is 5.97 Å². The Hall–Kier alpha value is -2.58. The monoisotopic (exact) mass is 380 g/mol. The average molecular weight is 380 g/mol. The largest absolute Gasteiger partial charge is 0.481 e. The zero-order valence-electron chi connectivity index (χ0n) is 13.0. The van der Waals surface area contributed by atoms with Crippen LogP contribution in [0.3, 0.4) is 0 Å². The van der Waals surface area contributed by atoms with Gasteiger partial charge in [0.15, 0.2) is 0 Å². The molecule has 26 heavy (non-hydrogen) atoms. The summed E-state index contributed by atoms with van der Waals surface area (Å²) in [6, 6.07) is 3.65. The molecule has 0 spiro atoms. The molecule has 0 aromatic heterocycles. The van der Waals surface area contributed by atoms with Crippen molar-refractivity contribution in [2.45, 2.75) is 25.2 Å². The molecule has 1 atom stereocenters. The number of halogens is 7. The Morgan fingerprint density at radius 2 is 1.42 bits per heavy atom. The molecule has 2 nitrogen and oxygen atoms in total. The minimum atomic E-state index is -5.05. The molecule has 1 N–H and O–H groups in total. The van der Waals surface area contributed by atoms with Crippen LogP contribution in [0.5, 0.6) is 0 Å². The Kier molecular flexibility index (Phi) is 5.03. The predicted molar refractivity (Wildman–Crippen MR) is 77.9 cm³/mol. The van der Waals surface area contributed by atoms with Crippen LogP contribution >= 0.6 is 0 Å². The first kappa shape index (κ1) is 19.7. The molecule has 0 aliphatic heterocycles. The number of hydrogen-bond donors (Lipinski definition) is 1. The number of rotatable bonds is 3. The number of hydrogen-bond acceptors (Lipinski definition) is 1. The van der Waals surface area contributed by atoms with Crippen LogP contribution in [0, 0.1) is 5.82 Å². The van der Waals surface area contributed by atoms with Gasteiger partial charge in [-0.15, -0.1) is 0 Å². The Bertz CT molecular complexity index is 806. The van der Waals surface area contributed by atoms with Crippen LogP contribution in [-0.2, 0) is 17.1 Å². The van der Waals surface area contributed by atoms with Crippen molar-refractivity contribution in [3.63, 3.8) is 0 Å². The summed E-state index contributed by atoms with van der Waals surface area (Å²) in [6.07, 6.45) is -10.1. The molecule has 2 aromatic rings. The van der Waals surface area contributed by atoms with Gasteiger partial charge in [-0.1, -0.05) is 12.1 Å². The van der Waals surface area contributed by atoms with E-state index in [2.05, 4.69) is 0 Å². The van der Waals surface area contributed by atoms with Crippen molar-refractivity contribution in [2.24, 2.45) is 0 Å². The maximum Gasteiger partial charge on any atom is 0.416 e. The van der Waals surface area contributed by atoms with Crippen LogP contribution in [-0.4, -0.2) is 11.1 Å². The van der Waals surface area contributed by atoms with E-state index >= 15 is 0 Å². The van der Waals surface area contributed by atoms with E-state index in [0.29, 0.717) is 12.1 Å². The van der Waals surface area contributed by atoms with Crippen molar-refractivity contribution in [3.05, 3.63) is 58.9 Å². The second-order valence-electron chi connectivity index (χ2n) is 5.59. The zero-order valence-corrected chi connectivity index (χ0v) is 13.0. The van der Waals surface area contributed by atoms with Gasteiger partial charge < -0.3 is 5.11 Å². The molecule has 140 valence electrons. The second kappa shape index (κ2) is 6.62. The topological polar surface area (TPSA) is 37.3 Å². The van der Waals surface area contributed by atoms with Gasteiger partial charge in [0.2, 0.25) is 0 Å². The lowest BCUT2D eigenvalue weighted by molar-refractivity contribution is -0.143. The van der Waals surface area contributed by atoms with Crippen molar-refractivity contribution in [1.82, 2.24) is 0 Å². The van der Waals surface area contributed by atoms with Crippen LogP contribution in [0.2, 0.25) is 0 Å². The zero-order chi connectivity index (χ0) is 19.9. The average Bonchev–Trinajstić information content (AvgIpc) is 2.51. The van der Waals surface area contributed by atoms with Crippen LogP contribution < -0.4 is 0 Å². The van der Waals surface area contributed by atoms with Crippen LogP contribution in [0.4, 0.5) is 30.7 Å². The number of benzene rings is 2. The van der Waals surface area contributed by atoms with Gasteiger partial charge in [0.25, 0.3) is 0 Å². The van der Waals surface area contributed by atoms with Gasteiger partial charge in [-0.25, -0.2) is 4.39 Å². The summed E-state index contributed by atoms with van der Waals surface area (Å²) in [6.45, 7) is 1.27. The van der Waals surface area contributed by atoms with E-state index in [1.807, 2.05) is 0 Å². The first-order chi connectivity index (χ1) is 11.8. The van der Waals surface area contributed by atoms with Crippen molar-refractivity contribution in [3.8, 4) is 11.1 Å². The Balaban J connectivity index is 2.63. The normalized spacial score (nSPS) is 13.5. The van der Waals surface area contributed by atoms with Crippen molar-refractivity contribution in [1.29, 1.82) is 0 Å². The van der Waals surface area contributed by atoms with Crippen LogP contribution in [0.15, 0.2) is 36.4 Å². The molecule has 0 fully saturated rings. The number of carbonyl (C=O) groups is 1. The Morgan fingerprint density at radius 3 is 1.81 bits per heavy atom. The number of alkyl halides is 6. The number of carboxylic acids is 1. The Morgan fingerprint density at radius 1 is 0.923 bits per heavy atom. The molecular formula is C17H11F7O2. The van der Waals surface area contributed by atoms with E-state index in [1.54, 1.807) is 0 Å². The third kappa shape index (κ3) is 4.14. The molecule has 9 heteroatoms. The van der Waals surface area contributed by atoms with Gasteiger partial charge in [-0.3, -0.25) is 4.79 Å². The first-order valence-electron chi connectivity index (χ1n) is 7.13. The van der Waals surface area contributed by atoms with E-state index in [1.165, 1.54) is 6.92 Å². The lowest BCUT2D eigenvalue weighted by Gasteiger charge is -2.15. The highest BCUT2D eigenvalue weighted by molar-refractivity contribution is 5.76. The fraction of sp³-hybridized carbons (Fsp3) is 0.235. The molecule has 0 aliphatic rings. The summed E-state index contributed by atoms with van der Waals surface area (Å²) < 4.78 is 91.6. The quantitative estimate of drug-likeness (QED) is 0.692. The van der Waals surface area contributed by atoms with Crippen LogP contribution in [0.1, 0.15) is 29.5 Å². The summed E-state index contributed by atoms with van der Waals surface area (Å²) in [4.78, 5) is 10.9. The van der Waals surface area contributed by atoms with Crippen molar-refractivity contribution < 1.29 is 40.6 Å². The number of aliphatic carboxylic acids is 1. The molecule has 0 saturated heterocycles. The van der Waals surface area contributed by atoms with Gasteiger partial charge in [-0.2, -0.15) is 26.3 Å². The van der Waals surface area contributed by atoms with Gasteiger partial charge in [0, 0.05) is 5.56 Å². The minimum absolute atomic E-state index is 0.0294. The molecular weight excluding hydrogens is 369 g/mol. The molecule has 0 amide bonds. The highest BCUT2D eigenvalue weighted by Crippen LogP contribution is 2.39. The summed E-state index contributed by atoms with van der Waals surface area (Å²) >= 11 is 0. The van der Waals surface area contributed by atoms with Gasteiger partial charge in [0.05, 0.1) is 17.0 Å². The van der Waals surface area contributed by atoms with E-state index < -0.39 is 52.3 Å². The van der Waals surface area contributed by atoms with E-state index in [4.69, 9.17) is 5.11 Å². The summed E-state index contributed by atoms with van der Waals surface area (Å²) in [5.41, 5.74) is -4.21. The first-order valence-corrected chi connectivity index (χ1v) is 7.13. The maximum absolute atomic E-state index is 14.3. The molecule has 0 saturated carbocycles. The van der Waals surface area contributed by atoms with E-state index in [-0.39, 0.29) is 11.6 Å². The lowest BCUT2D eigenvalue weighted by Crippen LogP contribution is -2.11. The Labute approximate surface area is 142 Å². The fourth-order valence-corrected chi connectivity index (χ4v) is 2.29. The molecule has 0 radical (unpaired) electrons. The molecule has 0 bridgehead atoms. The fourth-order valence-electron chi connectivity index (χ4n) is 2.29. The predicted octanol–water partition coefficient (Wildman–Crippen LogP) is 5.72. The molecule has 0 heterocycles. The molecule has 1 unspecified atom stereocenters. The minimum Gasteiger partial charge on any atom is -0.481 e. The van der Waals surface area contributed by atoms with Crippen molar-refractivity contribution in [2.75, 3.05) is 0 Å². The SMILES string of the molecule is CC(C(=O)O)c1ccc(-c2cc(C(F)(F)F)cc(C(F)(F)F)c2)c(F)c1. The van der Waals surface area contributed by atoms with E-state index in [9.17, 15) is 35.5 Å². The molecule has 2 aromatic carbocycles. The van der Waals surface area contributed by atoms with E-state index in [0.717, 1.165) is 18.2 Å². The summed E-state index contributed by atoms with van der Waals surface area (Å²) in [5.74, 6) is -3.47. The standard InChI is InChI=1S/C17H11F7O2/c1-8(15(25)26)9-2-3-13(14(18)6-9)10-4-11(16(19,20)21)7-12(5-10)17(22,23)24/h2-8H,1H3,(H,25,26). The third-order valence-corrected chi connectivity index (χ3v) is 3.76. The summed E-state index contributed by atoms with van der Waals surface area (Å²) in [7, 11) is 0. The van der Waals surface area contributed by atoms with Gasteiger partial charge in [-0.05, 0) is 42.3 Å². The smallest absolute Gasteiger partial charge is 0.416 e. The third-order valence-electron chi connectivity index (χ3n) is 3.76.